The molecular formula is C31H48N6O6. The number of piperidine rings is 1. The van der Waals surface area contributed by atoms with Gasteiger partial charge in [0.1, 0.15) is 18.1 Å². The van der Waals surface area contributed by atoms with E-state index in [0.29, 0.717) is 12.3 Å². The van der Waals surface area contributed by atoms with Gasteiger partial charge in [-0.05, 0) is 63.7 Å². The molecule has 3 rings (SSSR count). The zero-order chi connectivity index (χ0) is 31.5. The van der Waals surface area contributed by atoms with Crippen LogP contribution in [0.25, 0.3) is 0 Å². The van der Waals surface area contributed by atoms with Gasteiger partial charge in [0, 0.05) is 25.9 Å². The topological polar surface area (TPSA) is 160 Å². The number of carbonyl (C=O) groups excluding carboxylic acids is 5. The highest BCUT2D eigenvalue weighted by Gasteiger charge is 2.33. The molecule has 5 N–H and O–H groups in total. The van der Waals surface area contributed by atoms with Crippen LogP contribution in [0.15, 0.2) is 30.3 Å². The van der Waals surface area contributed by atoms with Crippen molar-refractivity contribution < 1.29 is 29.1 Å². The highest BCUT2D eigenvalue weighted by molar-refractivity contribution is 5.95. The Hall–Kier alpha value is -3.51. The van der Waals surface area contributed by atoms with Gasteiger partial charge in [-0.25, -0.2) is 0 Å². The summed E-state index contributed by atoms with van der Waals surface area (Å²) in [5.41, 5.74) is 0.776. The van der Waals surface area contributed by atoms with Crippen molar-refractivity contribution >= 4 is 29.5 Å². The van der Waals surface area contributed by atoms with E-state index in [1.54, 1.807) is 13.8 Å². The first kappa shape index (κ1) is 34.0. The molecule has 238 valence electrons. The molecule has 0 saturated carbocycles. The van der Waals surface area contributed by atoms with Crippen molar-refractivity contribution in [2.45, 2.75) is 77.1 Å². The van der Waals surface area contributed by atoms with Gasteiger partial charge in [-0.15, -0.1) is 0 Å². The third-order valence-electron chi connectivity index (χ3n) is 8.22. The van der Waals surface area contributed by atoms with Crippen molar-refractivity contribution in [3.8, 4) is 0 Å². The summed E-state index contributed by atoms with van der Waals surface area (Å²) < 4.78 is 0. The lowest BCUT2D eigenvalue weighted by molar-refractivity contribution is -0.138. The van der Waals surface area contributed by atoms with E-state index in [9.17, 15) is 29.1 Å². The van der Waals surface area contributed by atoms with Gasteiger partial charge >= 0.3 is 0 Å². The van der Waals surface area contributed by atoms with Gasteiger partial charge in [-0.2, -0.15) is 0 Å². The van der Waals surface area contributed by atoms with E-state index in [2.05, 4.69) is 33.2 Å². The van der Waals surface area contributed by atoms with Crippen molar-refractivity contribution in [2.24, 2.45) is 11.8 Å². The Labute approximate surface area is 254 Å². The average Bonchev–Trinajstić information content (AvgIpc) is 2.97. The summed E-state index contributed by atoms with van der Waals surface area (Å²) in [4.78, 5) is 70.1. The standard InChI is InChI=1S/C31H48N6O6/c1-20(2)27-31(43)33-24(18-23-8-6-5-7-9-23)29(41)35-28(21(3)38)30(42)32-14-17-37(19-25(39)34-27)26(40)11-10-22-12-15-36(4)16-13-22/h5-9,20-22,24,27-28,38H,10-19H2,1-4H3,(H,32,42)(H,33,43)(H,34,39)(H,35,41)/t21-,24+,27-,28+/m1/s1. The predicted molar refractivity (Wildman–Crippen MR) is 162 cm³/mol. The summed E-state index contributed by atoms with van der Waals surface area (Å²) in [6.45, 7) is 6.72. The number of likely N-dealkylation sites (tertiary alicyclic amines) is 1. The molecule has 1 aromatic carbocycles. The molecule has 12 heteroatoms. The predicted octanol–water partition coefficient (Wildman–Crippen LogP) is -0.199. The minimum absolute atomic E-state index is 0.0173. The number of nitrogens with one attached hydrogen (secondary N) is 4. The van der Waals surface area contributed by atoms with Crippen LogP contribution in [-0.2, 0) is 30.4 Å². The summed E-state index contributed by atoms with van der Waals surface area (Å²) in [6.07, 6.45) is 1.92. The smallest absolute Gasteiger partial charge is 0.245 e. The molecule has 0 aromatic heterocycles. The number of hydrogen-bond donors (Lipinski definition) is 5. The van der Waals surface area contributed by atoms with Crippen LogP contribution in [-0.4, -0.2) is 108 Å². The fourth-order valence-corrected chi connectivity index (χ4v) is 5.46. The van der Waals surface area contributed by atoms with Crippen LogP contribution in [0.4, 0.5) is 0 Å². The fraction of sp³-hybridized carbons (Fsp3) is 0.645. The number of carbonyl (C=O) groups is 5. The molecular weight excluding hydrogens is 552 g/mol. The number of benzene rings is 1. The van der Waals surface area contributed by atoms with Gasteiger partial charge in [0.25, 0.3) is 0 Å². The van der Waals surface area contributed by atoms with Crippen molar-refractivity contribution in [1.29, 1.82) is 0 Å². The Balaban J connectivity index is 1.81. The van der Waals surface area contributed by atoms with E-state index in [1.165, 1.54) is 11.8 Å². The summed E-state index contributed by atoms with van der Waals surface area (Å²) in [5.74, 6) is -2.44. The fourth-order valence-electron chi connectivity index (χ4n) is 5.46. The Bertz CT molecular complexity index is 1110. The van der Waals surface area contributed by atoms with Crippen LogP contribution in [0.2, 0.25) is 0 Å². The normalized spacial score (nSPS) is 24.7. The van der Waals surface area contributed by atoms with Gasteiger partial charge in [0.15, 0.2) is 0 Å². The third-order valence-corrected chi connectivity index (χ3v) is 8.22. The first-order chi connectivity index (χ1) is 20.4. The zero-order valence-corrected chi connectivity index (χ0v) is 25.8. The Kier molecular flexibility index (Phi) is 12.9. The molecule has 43 heavy (non-hydrogen) atoms. The van der Waals surface area contributed by atoms with Crippen LogP contribution in [0.3, 0.4) is 0 Å². The lowest BCUT2D eigenvalue weighted by atomic mass is 9.92. The summed E-state index contributed by atoms with van der Waals surface area (Å²) in [6, 6.07) is 5.75. The molecule has 2 saturated heterocycles. The van der Waals surface area contributed by atoms with Gasteiger partial charge < -0.3 is 36.2 Å². The number of amides is 5. The minimum Gasteiger partial charge on any atom is -0.391 e. The van der Waals surface area contributed by atoms with Gasteiger partial charge in [-0.3, -0.25) is 24.0 Å². The molecule has 0 aliphatic carbocycles. The number of hydrogen-bond acceptors (Lipinski definition) is 7. The number of rotatable bonds is 7. The van der Waals surface area contributed by atoms with Crippen molar-refractivity contribution in [2.75, 3.05) is 39.8 Å². The molecule has 2 heterocycles. The van der Waals surface area contributed by atoms with E-state index in [1.807, 2.05) is 30.3 Å². The van der Waals surface area contributed by atoms with Crippen molar-refractivity contribution in [3.63, 3.8) is 0 Å². The molecule has 2 fully saturated rings. The second kappa shape index (κ2) is 16.4. The van der Waals surface area contributed by atoms with Crippen LogP contribution in [0.1, 0.15) is 52.0 Å². The second-order valence-electron chi connectivity index (χ2n) is 12.2. The quantitative estimate of drug-likeness (QED) is 0.290. The molecule has 5 amide bonds. The molecule has 0 radical (unpaired) electrons. The number of nitrogens with zero attached hydrogens (tertiary/aromatic N) is 2. The second-order valence-corrected chi connectivity index (χ2v) is 12.2. The molecule has 0 bridgehead atoms. The SMILES string of the molecule is CC(C)[C@H]1NC(=O)CN(C(=O)CCC2CCN(C)CC2)CCNC(=O)[C@H]([C@@H](C)O)NC(=O)[C@H](Cc2ccccc2)NC1=O. The lowest BCUT2D eigenvalue weighted by Crippen LogP contribution is -2.60. The number of aliphatic hydroxyl groups is 1. The molecule has 2 aliphatic heterocycles. The highest BCUT2D eigenvalue weighted by atomic mass is 16.3. The van der Waals surface area contributed by atoms with E-state index >= 15 is 0 Å². The van der Waals surface area contributed by atoms with E-state index in [4.69, 9.17) is 0 Å². The summed E-state index contributed by atoms with van der Waals surface area (Å²) >= 11 is 0. The molecule has 12 nitrogen and oxygen atoms in total. The van der Waals surface area contributed by atoms with E-state index in [-0.39, 0.29) is 44.3 Å². The molecule has 1 aromatic rings. The van der Waals surface area contributed by atoms with Gasteiger partial charge in [0.05, 0.1) is 12.6 Å². The summed E-state index contributed by atoms with van der Waals surface area (Å²) in [5, 5.41) is 21.1. The third kappa shape index (κ3) is 10.6. The highest BCUT2D eigenvalue weighted by Crippen LogP contribution is 2.21. The van der Waals surface area contributed by atoms with Crippen LogP contribution >= 0.6 is 0 Å². The molecule has 0 spiro atoms. The van der Waals surface area contributed by atoms with Crippen LogP contribution < -0.4 is 21.3 Å². The van der Waals surface area contributed by atoms with Crippen molar-refractivity contribution in [3.05, 3.63) is 35.9 Å². The maximum Gasteiger partial charge on any atom is 0.245 e. The zero-order valence-electron chi connectivity index (χ0n) is 25.8. The average molecular weight is 601 g/mol. The Morgan fingerprint density at radius 1 is 0.907 bits per heavy atom. The minimum atomic E-state index is -1.29. The van der Waals surface area contributed by atoms with E-state index in [0.717, 1.165) is 31.5 Å². The maximum absolute atomic E-state index is 13.5. The Morgan fingerprint density at radius 3 is 2.21 bits per heavy atom. The van der Waals surface area contributed by atoms with Crippen LogP contribution in [0.5, 0.6) is 0 Å². The van der Waals surface area contributed by atoms with E-state index < -0.39 is 47.9 Å². The molecule has 0 unspecified atom stereocenters. The largest absolute Gasteiger partial charge is 0.391 e. The molecule has 2 aliphatic rings. The van der Waals surface area contributed by atoms with Gasteiger partial charge in [-0.1, -0.05) is 44.2 Å². The van der Waals surface area contributed by atoms with Crippen molar-refractivity contribution in [1.82, 2.24) is 31.1 Å². The lowest BCUT2D eigenvalue weighted by Gasteiger charge is -2.30. The first-order valence-electron chi connectivity index (χ1n) is 15.3. The Morgan fingerprint density at radius 2 is 1.58 bits per heavy atom. The first-order valence-corrected chi connectivity index (χ1v) is 15.3. The molecule has 4 atom stereocenters. The number of aliphatic hydroxyl groups excluding tert-OH is 1. The maximum atomic E-state index is 13.5. The van der Waals surface area contributed by atoms with Gasteiger partial charge in [0.2, 0.25) is 29.5 Å². The van der Waals surface area contributed by atoms with Crippen LogP contribution in [0, 0.1) is 11.8 Å². The summed E-state index contributed by atoms with van der Waals surface area (Å²) in [7, 11) is 2.08. The monoisotopic (exact) mass is 600 g/mol.